The summed E-state index contributed by atoms with van der Waals surface area (Å²) in [6, 6.07) is 10.9. The topological polar surface area (TPSA) is 82.6 Å². The molecule has 1 aromatic carbocycles. The molecule has 3 rings (SSSR count). The van der Waals surface area contributed by atoms with E-state index in [2.05, 4.69) is 15.3 Å². The molecule has 0 saturated heterocycles. The molecule has 2 aromatic heterocycles. The van der Waals surface area contributed by atoms with Gasteiger partial charge in [-0.1, -0.05) is 0 Å². The Morgan fingerprint density at radius 3 is 2.61 bits per heavy atom. The lowest BCUT2D eigenvalue weighted by atomic mass is 10.3. The Morgan fingerprint density at radius 1 is 1.11 bits per heavy atom. The van der Waals surface area contributed by atoms with Gasteiger partial charge in [0.05, 0.1) is 25.5 Å². The van der Waals surface area contributed by atoms with E-state index in [1.54, 1.807) is 25.6 Å². The first-order chi connectivity index (χ1) is 13.7. The van der Waals surface area contributed by atoms with Gasteiger partial charge < -0.3 is 19.5 Å². The predicted octanol–water partition coefficient (Wildman–Crippen LogP) is 3.24. The molecule has 0 aliphatic carbocycles. The van der Waals surface area contributed by atoms with E-state index in [9.17, 15) is 4.79 Å². The Bertz CT molecular complexity index is 898. The number of rotatable bonds is 9. The summed E-state index contributed by atoms with van der Waals surface area (Å²) in [5, 5.41) is 3.59. The monoisotopic (exact) mass is 399 g/mol. The van der Waals surface area contributed by atoms with E-state index in [0.29, 0.717) is 36.1 Å². The second kappa shape index (κ2) is 9.70. The Labute approximate surface area is 167 Å². The van der Waals surface area contributed by atoms with Crippen LogP contribution in [0.25, 0.3) is 0 Å². The predicted molar refractivity (Wildman–Crippen MR) is 106 cm³/mol. The van der Waals surface area contributed by atoms with Crippen molar-refractivity contribution in [3.8, 4) is 17.2 Å². The maximum absolute atomic E-state index is 12.4. The van der Waals surface area contributed by atoms with Gasteiger partial charge in [0.25, 0.3) is 5.91 Å². The summed E-state index contributed by atoms with van der Waals surface area (Å²) in [6.45, 7) is 2.87. The summed E-state index contributed by atoms with van der Waals surface area (Å²) in [4.78, 5) is 21.4. The molecule has 146 valence electrons. The minimum Gasteiger partial charge on any atom is -0.497 e. The van der Waals surface area contributed by atoms with Gasteiger partial charge in [-0.15, -0.1) is 11.3 Å². The number of pyridine rings is 1. The van der Waals surface area contributed by atoms with Gasteiger partial charge in [0, 0.05) is 6.20 Å². The maximum atomic E-state index is 12.4. The van der Waals surface area contributed by atoms with Gasteiger partial charge in [-0.05, 0) is 43.3 Å². The van der Waals surface area contributed by atoms with Gasteiger partial charge in [-0.25, -0.2) is 4.98 Å². The number of hydrogen-bond acceptors (Lipinski definition) is 7. The quantitative estimate of drug-likeness (QED) is 0.556. The second-order valence-electron chi connectivity index (χ2n) is 5.78. The number of aryl methyl sites for hydroxylation is 1. The van der Waals surface area contributed by atoms with Gasteiger partial charge in [0.15, 0.2) is 0 Å². The average Bonchev–Trinajstić information content (AvgIpc) is 3.11. The number of amides is 1. The molecule has 1 N–H and O–H groups in total. The van der Waals surface area contributed by atoms with Crippen LogP contribution in [-0.4, -0.2) is 36.1 Å². The lowest BCUT2D eigenvalue weighted by Crippen LogP contribution is -2.27. The molecular formula is C20H21N3O4S. The molecule has 2 heterocycles. The molecule has 0 aliphatic heterocycles. The van der Waals surface area contributed by atoms with Crippen LogP contribution in [0.3, 0.4) is 0 Å². The van der Waals surface area contributed by atoms with E-state index >= 15 is 0 Å². The number of aromatic nitrogens is 2. The van der Waals surface area contributed by atoms with Crippen LogP contribution in [0.5, 0.6) is 17.2 Å². The van der Waals surface area contributed by atoms with Gasteiger partial charge in [-0.2, -0.15) is 0 Å². The SMILES string of the molecule is COc1ccc(OCCNC(=O)c2sc(COc3cccnc3)nc2C)cc1. The van der Waals surface area contributed by atoms with Crippen molar-refractivity contribution in [2.24, 2.45) is 0 Å². The third kappa shape index (κ3) is 5.43. The van der Waals surface area contributed by atoms with Crippen molar-refractivity contribution < 1.29 is 19.0 Å². The zero-order chi connectivity index (χ0) is 19.8. The van der Waals surface area contributed by atoms with Crippen molar-refractivity contribution in [3.63, 3.8) is 0 Å². The molecule has 28 heavy (non-hydrogen) atoms. The van der Waals surface area contributed by atoms with Crippen LogP contribution < -0.4 is 19.5 Å². The van der Waals surface area contributed by atoms with Crippen molar-refractivity contribution in [2.45, 2.75) is 13.5 Å². The molecule has 0 aliphatic rings. The van der Waals surface area contributed by atoms with E-state index in [4.69, 9.17) is 14.2 Å². The van der Waals surface area contributed by atoms with E-state index < -0.39 is 0 Å². The summed E-state index contributed by atoms with van der Waals surface area (Å²) in [6.07, 6.45) is 3.32. The third-order valence-electron chi connectivity index (χ3n) is 3.76. The van der Waals surface area contributed by atoms with Crippen LogP contribution >= 0.6 is 11.3 Å². The number of benzene rings is 1. The molecule has 0 saturated carbocycles. The summed E-state index contributed by atoms with van der Waals surface area (Å²) in [5.74, 6) is 1.99. The van der Waals surface area contributed by atoms with E-state index in [1.165, 1.54) is 11.3 Å². The van der Waals surface area contributed by atoms with Crippen LogP contribution in [0.2, 0.25) is 0 Å². The molecule has 8 heteroatoms. The first kappa shape index (κ1) is 19.6. The Balaban J connectivity index is 1.45. The Hall–Kier alpha value is -3.13. The molecule has 0 fully saturated rings. The average molecular weight is 399 g/mol. The lowest BCUT2D eigenvalue weighted by molar-refractivity contribution is 0.0950. The van der Waals surface area contributed by atoms with Crippen molar-refractivity contribution in [3.05, 3.63) is 64.4 Å². The molecule has 0 unspecified atom stereocenters. The standard InChI is InChI=1S/C20H21N3O4S/c1-14-19(28-18(23-14)13-27-17-4-3-9-21-12-17)20(24)22-10-11-26-16-7-5-15(25-2)6-8-16/h3-9,12H,10-11,13H2,1-2H3,(H,22,24). The number of methoxy groups -OCH3 is 1. The number of hydrogen-bond donors (Lipinski definition) is 1. The van der Waals surface area contributed by atoms with Gasteiger partial charge in [-0.3, -0.25) is 9.78 Å². The summed E-state index contributed by atoms with van der Waals surface area (Å²) in [7, 11) is 1.61. The second-order valence-corrected chi connectivity index (χ2v) is 6.86. The minimum atomic E-state index is -0.166. The van der Waals surface area contributed by atoms with Gasteiger partial charge in [0.2, 0.25) is 0 Å². The zero-order valence-corrected chi connectivity index (χ0v) is 16.5. The highest BCUT2D eigenvalue weighted by Gasteiger charge is 2.15. The number of nitrogens with zero attached hydrogens (tertiary/aromatic N) is 2. The molecule has 0 spiro atoms. The molecule has 7 nitrogen and oxygen atoms in total. The summed E-state index contributed by atoms with van der Waals surface area (Å²) < 4.78 is 16.3. The highest BCUT2D eigenvalue weighted by atomic mass is 32.1. The van der Waals surface area contributed by atoms with E-state index in [1.807, 2.05) is 37.3 Å². The van der Waals surface area contributed by atoms with Crippen LogP contribution in [-0.2, 0) is 6.61 Å². The first-order valence-corrected chi connectivity index (χ1v) is 9.51. The van der Waals surface area contributed by atoms with Crippen molar-refractivity contribution in [1.82, 2.24) is 15.3 Å². The first-order valence-electron chi connectivity index (χ1n) is 8.70. The highest BCUT2D eigenvalue weighted by molar-refractivity contribution is 7.13. The van der Waals surface area contributed by atoms with Crippen molar-refractivity contribution >= 4 is 17.2 Å². The largest absolute Gasteiger partial charge is 0.497 e. The summed E-state index contributed by atoms with van der Waals surface area (Å²) >= 11 is 1.32. The minimum absolute atomic E-state index is 0.166. The summed E-state index contributed by atoms with van der Waals surface area (Å²) in [5.41, 5.74) is 0.684. The van der Waals surface area contributed by atoms with Crippen molar-refractivity contribution in [1.29, 1.82) is 0 Å². The van der Waals surface area contributed by atoms with Gasteiger partial charge in [0.1, 0.15) is 40.3 Å². The zero-order valence-electron chi connectivity index (χ0n) is 15.7. The fourth-order valence-electron chi connectivity index (χ4n) is 2.39. The molecule has 0 bridgehead atoms. The Morgan fingerprint density at radius 2 is 1.89 bits per heavy atom. The number of carbonyl (C=O) groups is 1. The number of ether oxygens (including phenoxy) is 3. The van der Waals surface area contributed by atoms with Crippen LogP contribution in [0.4, 0.5) is 0 Å². The molecule has 1 amide bonds. The molecular weight excluding hydrogens is 378 g/mol. The Kier molecular flexibility index (Phi) is 6.80. The third-order valence-corrected chi connectivity index (χ3v) is 4.89. The number of nitrogens with one attached hydrogen (secondary N) is 1. The fourth-order valence-corrected chi connectivity index (χ4v) is 3.28. The maximum Gasteiger partial charge on any atom is 0.263 e. The van der Waals surface area contributed by atoms with E-state index in [-0.39, 0.29) is 5.91 Å². The van der Waals surface area contributed by atoms with Crippen LogP contribution in [0, 0.1) is 6.92 Å². The normalized spacial score (nSPS) is 10.4. The van der Waals surface area contributed by atoms with E-state index in [0.717, 1.165) is 16.5 Å². The smallest absolute Gasteiger partial charge is 0.263 e. The number of carbonyl (C=O) groups excluding carboxylic acids is 1. The molecule has 0 atom stereocenters. The highest BCUT2D eigenvalue weighted by Crippen LogP contribution is 2.20. The van der Waals surface area contributed by atoms with Gasteiger partial charge >= 0.3 is 0 Å². The number of thiazole rings is 1. The molecule has 3 aromatic rings. The van der Waals surface area contributed by atoms with Crippen molar-refractivity contribution in [2.75, 3.05) is 20.3 Å². The van der Waals surface area contributed by atoms with Crippen LogP contribution in [0.1, 0.15) is 20.4 Å². The lowest BCUT2D eigenvalue weighted by Gasteiger charge is -2.08. The fraction of sp³-hybridized carbons (Fsp3) is 0.250. The molecule has 0 radical (unpaired) electrons. The van der Waals surface area contributed by atoms with Crippen LogP contribution in [0.15, 0.2) is 48.8 Å².